The van der Waals surface area contributed by atoms with Gasteiger partial charge in [-0.1, -0.05) is 30.3 Å². The Bertz CT molecular complexity index is 1300. The number of aryl methyl sites for hydroxylation is 2. The summed E-state index contributed by atoms with van der Waals surface area (Å²) in [6, 6.07) is 17.0. The Balaban J connectivity index is 1.62. The minimum atomic E-state index is -0.806. The fourth-order valence-electron chi connectivity index (χ4n) is 3.70. The topological polar surface area (TPSA) is 87.5 Å². The Hall–Kier alpha value is -4.07. The van der Waals surface area contributed by atoms with Gasteiger partial charge in [-0.3, -0.25) is 9.48 Å². The molecule has 2 aromatic carbocycles. The molecular formula is C25H26N4O4. The minimum Gasteiger partial charge on any atom is -0.497 e. The minimum absolute atomic E-state index is 0.331. The SMILES string of the molecule is COc1ccc(NC(=O)[C@H](C)Oc2cc(-c3ccccc3)c3c(C)nn(C)c3n2)c(OC)c1. The zero-order valence-corrected chi connectivity index (χ0v) is 19.2. The summed E-state index contributed by atoms with van der Waals surface area (Å²) in [5, 5.41) is 8.31. The third-order valence-corrected chi connectivity index (χ3v) is 5.36. The molecule has 0 saturated heterocycles. The van der Waals surface area contributed by atoms with Crippen molar-refractivity contribution in [1.82, 2.24) is 14.8 Å². The molecule has 4 rings (SSSR count). The van der Waals surface area contributed by atoms with E-state index < -0.39 is 6.10 Å². The number of ether oxygens (including phenoxy) is 3. The molecule has 8 heteroatoms. The molecule has 0 aliphatic heterocycles. The van der Waals surface area contributed by atoms with Gasteiger partial charge in [-0.25, -0.2) is 0 Å². The highest BCUT2D eigenvalue weighted by Gasteiger charge is 2.21. The lowest BCUT2D eigenvalue weighted by atomic mass is 10.0. The predicted molar refractivity (Wildman–Crippen MR) is 127 cm³/mol. The quantitative estimate of drug-likeness (QED) is 0.454. The summed E-state index contributed by atoms with van der Waals surface area (Å²) in [5.74, 6) is 1.13. The normalized spacial score (nSPS) is 11.8. The molecule has 170 valence electrons. The standard InChI is InChI=1S/C25H26N4O4/c1-15-23-19(17-9-7-6-8-10-17)14-22(27-24(23)29(3)28-15)33-16(2)25(30)26-20-12-11-18(31-4)13-21(20)32-5/h6-14,16H,1-5H3,(H,26,30)/t16-/m0/s1. The third kappa shape index (κ3) is 4.45. The van der Waals surface area contributed by atoms with Crippen molar-refractivity contribution in [2.45, 2.75) is 20.0 Å². The van der Waals surface area contributed by atoms with Crippen LogP contribution in [0.4, 0.5) is 5.69 Å². The Morgan fingerprint density at radius 2 is 1.82 bits per heavy atom. The van der Waals surface area contributed by atoms with Crippen molar-refractivity contribution < 1.29 is 19.0 Å². The summed E-state index contributed by atoms with van der Waals surface area (Å²) in [5.41, 5.74) is 4.06. The lowest BCUT2D eigenvalue weighted by Crippen LogP contribution is -2.30. The number of rotatable bonds is 7. The second kappa shape index (κ2) is 9.20. The highest BCUT2D eigenvalue weighted by atomic mass is 16.5. The van der Waals surface area contributed by atoms with Crippen LogP contribution in [0.2, 0.25) is 0 Å². The van der Waals surface area contributed by atoms with Gasteiger partial charge in [0, 0.05) is 19.2 Å². The van der Waals surface area contributed by atoms with Gasteiger partial charge in [0.05, 0.1) is 31.0 Å². The van der Waals surface area contributed by atoms with Gasteiger partial charge in [0.25, 0.3) is 5.91 Å². The monoisotopic (exact) mass is 446 g/mol. The van der Waals surface area contributed by atoms with Crippen LogP contribution in [-0.2, 0) is 11.8 Å². The van der Waals surface area contributed by atoms with Crippen molar-refractivity contribution in [3.05, 3.63) is 60.3 Å². The summed E-state index contributed by atoms with van der Waals surface area (Å²) >= 11 is 0. The van der Waals surface area contributed by atoms with Crippen LogP contribution in [0, 0.1) is 6.92 Å². The van der Waals surface area contributed by atoms with E-state index in [1.807, 2.05) is 50.4 Å². The third-order valence-electron chi connectivity index (χ3n) is 5.36. The van der Waals surface area contributed by atoms with Gasteiger partial charge in [-0.2, -0.15) is 10.1 Å². The molecular weight excluding hydrogens is 420 g/mol. The van der Waals surface area contributed by atoms with E-state index in [-0.39, 0.29) is 5.91 Å². The largest absolute Gasteiger partial charge is 0.497 e. The van der Waals surface area contributed by atoms with Crippen LogP contribution in [0.15, 0.2) is 54.6 Å². The fraction of sp³-hybridized carbons (Fsp3) is 0.240. The van der Waals surface area contributed by atoms with E-state index in [1.54, 1.807) is 36.9 Å². The van der Waals surface area contributed by atoms with Crippen molar-refractivity contribution in [2.24, 2.45) is 7.05 Å². The molecule has 33 heavy (non-hydrogen) atoms. The highest BCUT2D eigenvalue weighted by Crippen LogP contribution is 2.33. The highest BCUT2D eigenvalue weighted by molar-refractivity contribution is 5.97. The number of fused-ring (bicyclic) bond motifs is 1. The first-order valence-corrected chi connectivity index (χ1v) is 10.5. The Morgan fingerprint density at radius 3 is 2.52 bits per heavy atom. The van der Waals surface area contributed by atoms with Crippen LogP contribution in [0.25, 0.3) is 22.2 Å². The van der Waals surface area contributed by atoms with Gasteiger partial charge in [0.15, 0.2) is 11.8 Å². The maximum absolute atomic E-state index is 12.9. The average Bonchev–Trinajstić information content (AvgIpc) is 3.12. The number of pyridine rings is 1. The average molecular weight is 447 g/mol. The lowest BCUT2D eigenvalue weighted by Gasteiger charge is -2.17. The van der Waals surface area contributed by atoms with Crippen molar-refractivity contribution >= 4 is 22.6 Å². The number of hydrogen-bond acceptors (Lipinski definition) is 6. The first-order chi connectivity index (χ1) is 15.9. The van der Waals surface area contributed by atoms with Crippen molar-refractivity contribution in [1.29, 1.82) is 0 Å². The lowest BCUT2D eigenvalue weighted by molar-refractivity contribution is -0.122. The summed E-state index contributed by atoms with van der Waals surface area (Å²) in [6.07, 6.45) is -0.806. The smallest absolute Gasteiger partial charge is 0.265 e. The molecule has 0 fully saturated rings. The van der Waals surface area contributed by atoms with Crippen LogP contribution in [0.1, 0.15) is 12.6 Å². The molecule has 0 unspecified atom stereocenters. The molecule has 8 nitrogen and oxygen atoms in total. The molecule has 2 heterocycles. The van der Waals surface area contributed by atoms with E-state index >= 15 is 0 Å². The molecule has 4 aromatic rings. The van der Waals surface area contributed by atoms with Crippen LogP contribution in [0.5, 0.6) is 17.4 Å². The summed E-state index contributed by atoms with van der Waals surface area (Å²) in [7, 11) is 4.94. The van der Waals surface area contributed by atoms with E-state index in [9.17, 15) is 4.79 Å². The predicted octanol–water partition coefficient (Wildman–Crippen LogP) is 4.37. The molecule has 0 saturated carbocycles. The molecule has 0 radical (unpaired) electrons. The molecule has 0 aliphatic rings. The van der Waals surface area contributed by atoms with Crippen LogP contribution < -0.4 is 19.5 Å². The van der Waals surface area contributed by atoms with Crippen molar-refractivity contribution in [3.8, 4) is 28.5 Å². The first kappa shape index (κ1) is 22.1. The zero-order chi connectivity index (χ0) is 23.5. The van der Waals surface area contributed by atoms with Gasteiger partial charge in [0.1, 0.15) is 11.5 Å². The molecule has 1 atom stereocenters. The second-order valence-corrected chi connectivity index (χ2v) is 7.60. The van der Waals surface area contributed by atoms with Crippen LogP contribution in [-0.4, -0.2) is 41.0 Å². The number of anilines is 1. The molecule has 1 amide bonds. The Kier molecular flexibility index (Phi) is 6.17. The van der Waals surface area contributed by atoms with Gasteiger partial charge in [-0.05, 0) is 37.1 Å². The summed E-state index contributed by atoms with van der Waals surface area (Å²) in [6.45, 7) is 3.63. The number of methoxy groups -OCH3 is 2. The molecule has 0 aliphatic carbocycles. The Morgan fingerprint density at radius 1 is 1.06 bits per heavy atom. The number of amides is 1. The summed E-state index contributed by atoms with van der Waals surface area (Å²) < 4.78 is 18.3. The zero-order valence-electron chi connectivity index (χ0n) is 19.2. The van der Waals surface area contributed by atoms with Crippen LogP contribution >= 0.6 is 0 Å². The van der Waals surface area contributed by atoms with E-state index in [0.29, 0.717) is 28.7 Å². The number of carbonyl (C=O) groups is 1. The maximum Gasteiger partial charge on any atom is 0.265 e. The van der Waals surface area contributed by atoms with Crippen LogP contribution in [0.3, 0.4) is 0 Å². The van der Waals surface area contributed by atoms with E-state index in [0.717, 1.165) is 22.2 Å². The van der Waals surface area contributed by atoms with E-state index in [2.05, 4.69) is 15.4 Å². The molecule has 2 aromatic heterocycles. The van der Waals surface area contributed by atoms with Gasteiger partial charge < -0.3 is 19.5 Å². The molecule has 0 spiro atoms. The van der Waals surface area contributed by atoms with Gasteiger partial charge in [0.2, 0.25) is 5.88 Å². The van der Waals surface area contributed by atoms with E-state index in [1.165, 1.54) is 7.11 Å². The van der Waals surface area contributed by atoms with Crippen molar-refractivity contribution in [2.75, 3.05) is 19.5 Å². The van der Waals surface area contributed by atoms with Gasteiger partial charge in [-0.15, -0.1) is 0 Å². The number of carbonyl (C=O) groups excluding carboxylic acids is 1. The molecule has 0 bridgehead atoms. The number of benzene rings is 2. The van der Waals surface area contributed by atoms with Gasteiger partial charge >= 0.3 is 0 Å². The van der Waals surface area contributed by atoms with Crippen molar-refractivity contribution in [3.63, 3.8) is 0 Å². The number of nitrogens with zero attached hydrogens (tertiary/aromatic N) is 3. The maximum atomic E-state index is 12.9. The second-order valence-electron chi connectivity index (χ2n) is 7.60. The number of hydrogen-bond donors (Lipinski definition) is 1. The first-order valence-electron chi connectivity index (χ1n) is 10.5. The van der Waals surface area contributed by atoms with E-state index in [4.69, 9.17) is 14.2 Å². The summed E-state index contributed by atoms with van der Waals surface area (Å²) in [4.78, 5) is 17.5. The Labute approximate surface area is 192 Å². The number of aromatic nitrogens is 3. The number of nitrogens with one attached hydrogen (secondary N) is 1. The fourth-order valence-corrected chi connectivity index (χ4v) is 3.70. The molecule has 1 N–H and O–H groups in total.